The first-order chi connectivity index (χ1) is 15.6. The fourth-order valence-electron chi connectivity index (χ4n) is 3.19. The molecule has 178 valence electrons. The SMILES string of the molecule is CCC(CN(CC)C(=O)OC(C)(C)C)Oc1cncc(-c2nn(PI)c3ccc(Br)cc23)n1. The molecule has 0 aliphatic heterocycles. The molecule has 0 saturated heterocycles. The van der Waals surface area contributed by atoms with E-state index in [9.17, 15) is 4.79 Å². The van der Waals surface area contributed by atoms with Gasteiger partial charge in [0.25, 0.3) is 0 Å². The average molecular weight is 648 g/mol. The van der Waals surface area contributed by atoms with E-state index in [-0.39, 0.29) is 12.2 Å². The molecule has 0 radical (unpaired) electrons. The maximum Gasteiger partial charge on any atom is 0.410 e. The van der Waals surface area contributed by atoms with Gasteiger partial charge in [-0.1, -0.05) is 22.9 Å². The van der Waals surface area contributed by atoms with Crippen molar-refractivity contribution in [1.82, 2.24) is 24.4 Å². The molecule has 8 nitrogen and oxygen atoms in total. The minimum Gasteiger partial charge on any atom is -0.471 e. The van der Waals surface area contributed by atoms with Crippen LogP contribution in [0.1, 0.15) is 41.0 Å². The number of ether oxygens (including phenoxy) is 2. The zero-order valence-corrected chi connectivity index (χ0v) is 24.0. The number of likely N-dealkylation sites (N-methyl/N-ethyl adjacent to an activating group) is 1. The van der Waals surface area contributed by atoms with Gasteiger partial charge in [0, 0.05) is 16.4 Å². The van der Waals surface area contributed by atoms with E-state index in [4.69, 9.17) is 14.6 Å². The number of hydrogen-bond acceptors (Lipinski definition) is 6. The second-order valence-corrected chi connectivity index (χ2v) is 11.4. The lowest BCUT2D eigenvalue weighted by atomic mass is 10.2. The van der Waals surface area contributed by atoms with Crippen LogP contribution in [0.3, 0.4) is 0 Å². The maximum atomic E-state index is 12.5. The molecular weight excluding hydrogens is 620 g/mol. The molecule has 0 bridgehead atoms. The van der Waals surface area contributed by atoms with E-state index in [1.807, 2.05) is 57.3 Å². The first-order valence-electron chi connectivity index (χ1n) is 10.7. The van der Waals surface area contributed by atoms with Crippen molar-refractivity contribution < 1.29 is 14.3 Å². The third-order valence-electron chi connectivity index (χ3n) is 4.78. The fraction of sp³-hybridized carbons (Fsp3) is 0.455. The standard InChI is InChI=1S/C22H28BrIN5O3P/c1-6-15(13-28(7-2)21(30)32-22(3,4)5)31-19-12-25-11-17(26-19)20-16-10-14(23)8-9-18(16)29(27-20)33-24/h8-12,15,33H,6-7,13H2,1-5H3. The number of hydrogen-bond donors (Lipinski definition) is 0. The molecule has 0 N–H and O–H groups in total. The van der Waals surface area contributed by atoms with E-state index < -0.39 is 5.60 Å². The van der Waals surface area contributed by atoms with Crippen LogP contribution in [0, 0.1) is 0 Å². The van der Waals surface area contributed by atoms with Gasteiger partial charge in [-0.15, -0.1) is 0 Å². The van der Waals surface area contributed by atoms with Crippen LogP contribution in [0.15, 0.2) is 35.1 Å². The summed E-state index contributed by atoms with van der Waals surface area (Å²) in [4.78, 5) is 23.2. The zero-order valence-electron chi connectivity index (χ0n) is 19.3. The molecule has 0 aliphatic rings. The predicted molar refractivity (Wildman–Crippen MR) is 144 cm³/mol. The molecule has 3 rings (SSSR count). The lowest BCUT2D eigenvalue weighted by Crippen LogP contribution is -2.42. The molecule has 3 aromatic rings. The van der Waals surface area contributed by atoms with Gasteiger partial charge in [-0.3, -0.25) is 4.98 Å². The third-order valence-corrected chi connectivity index (χ3v) is 7.14. The van der Waals surface area contributed by atoms with Gasteiger partial charge in [-0.05, 0) is 74.4 Å². The van der Waals surface area contributed by atoms with Crippen LogP contribution in [-0.2, 0) is 4.74 Å². The molecule has 1 aromatic carbocycles. The number of benzene rings is 1. The van der Waals surface area contributed by atoms with E-state index in [0.29, 0.717) is 37.5 Å². The molecular formula is C22H28BrIN5O3P. The van der Waals surface area contributed by atoms with Crippen LogP contribution in [0.4, 0.5) is 4.79 Å². The van der Waals surface area contributed by atoms with Crippen LogP contribution >= 0.6 is 44.3 Å². The number of rotatable bonds is 8. The highest BCUT2D eigenvalue weighted by Crippen LogP contribution is 2.35. The molecule has 1 amide bonds. The highest BCUT2D eigenvalue weighted by Gasteiger charge is 2.24. The van der Waals surface area contributed by atoms with E-state index in [1.54, 1.807) is 17.3 Å². The number of carbonyl (C=O) groups excluding carboxylic acids is 1. The van der Waals surface area contributed by atoms with Gasteiger partial charge in [-0.25, -0.2) is 14.2 Å². The summed E-state index contributed by atoms with van der Waals surface area (Å²) in [5, 5.41) is 5.75. The minimum absolute atomic E-state index is 0.249. The number of carbonyl (C=O) groups is 1. The van der Waals surface area contributed by atoms with Crippen molar-refractivity contribution in [2.75, 3.05) is 13.1 Å². The van der Waals surface area contributed by atoms with Crippen LogP contribution in [0.5, 0.6) is 5.88 Å². The van der Waals surface area contributed by atoms with Crippen LogP contribution in [0.25, 0.3) is 22.3 Å². The van der Waals surface area contributed by atoms with E-state index in [0.717, 1.165) is 21.1 Å². The average Bonchev–Trinajstić information content (AvgIpc) is 3.13. The van der Waals surface area contributed by atoms with Gasteiger partial charge in [0.2, 0.25) is 5.88 Å². The zero-order chi connectivity index (χ0) is 24.2. The van der Waals surface area contributed by atoms with Gasteiger partial charge in [0.05, 0.1) is 30.8 Å². The molecule has 0 aliphatic carbocycles. The van der Waals surface area contributed by atoms with Crippen molar-refractivity contribution in [3.05, 3.63) is 35.1 Å². The molecule has 0 spiro atoms. The highest BCUT2D eigenvalue weighted by atomic mass is 127. The van der Waals surface area contributed by atoms with Gasteiger partial charge in [-0.2, -0.15) is 5.10 Å². The second kappa shape index (κ2) is 11.3. The number of fused-ring (bicyclic) bond motifs is 1. The molecule has 2 atom stereocenters. The highest BCUT2D eigenvalue weighted by molar-refractivity contribution is 14.2. The summed E-state index contributed by atoms with van der Waals surface area (Å²) < 4.78 is 14.6. The molecule has 2 heterocycles. The maximum absolute atomic E-state index is 12.5. The van der Waals surface area contributed by atoms with E-state index in [1.165, 1.54) is 0 Å². The van der Waals surface area contributed by atoms with E-state index in [2.05, 4.69) is 47.9 Å². The van der Waals surface area contributed by atoms with Gasteiger partial charge in [0.1, 0.15) is 23.1 Å². The molecule has 2 aromatic heterocycles. The summed E-state index contributed by atoms with van der Waals surface area (Å²) in [5.74, 6) is 0.397. The first-order valence-corrected chi connectivity index (χ1v) is 15.5. The summed E-state index contributed by atoms with van der Waals surface area (Å²) in [6.45, 7) is 10.4. The number of amides is 1. The van der Waals surface area contributed by atoms with Crippen LogP contribution < -0.4 is 4.74 Å². The normalized spacial score (nSPS) is 12.9. The Morgan fingerprint density at radius 1 is 1.30 bits per heavy atom. The van der Waals surface area contributed by atoms with Gasteiger partial charge < -0.3 is 14.4 Å². The monoisotopic (exact) mass is 647 g/mol. The first kappa shape index (κ1) is 26.1. The Labute approximate surface area is 217 Å². The van der Waals surface area contributed by atoms with Crippen molar-refractivity contribution in [2.45, 2.75) is 52.7 Å². The van der Waals surface area contributed by atoms with Crippen molar-refractivity contribution in [1.29, 1.82) is 0 Å². The lowest BCUT2D eigenvalue weighted by molar-refractivity contribution is 0.0175. The van der Waals surface area contributed by atoms with Crippen LogP contribution in [-0.4, -0.2) is 55.3 Å². The van der Waals surface area contributed by atoms with Gasteiger partial charge >= 0.3 is 6.09 Å². The molecule has 33 heavy (non-hydrogen) atoms. The number of halogens is 2. The summed E-state index contributed by atoms with van der Waals surface area (Å²) in [6.07, 6.45) is 3.84. The third kappa shape index (κ3) is 6.76. The number of nitrogens with zero attached hydrogens (tertiary/aromatic N) is 5. The van der Waals surface area contributed by atoms with Crippen molar-refractivity contribution in [3.8, 4) is 17.3 Å². The Morgan fingerprint density at radius 3 is 2.70 bits per heavy atom. The van der Waals surface area contributed by atoms with E-state index >= 15 is 0 Å². The smallest absolute Gasteiger partial charge is 0.410 e. The van der Waals surface area contributed by atoms with Crippen molar-refractivity contribution in [3.63, 3.8) is 0 Å². The Balaban J connectivity index is 1.83. The lowest BCUT2D eigenvalue weighted by Gasteiger charge is -2.29. The number of aromatic nitrogens is 4. The largest absolute Gasteiger partial charge is 0.471 e. The Hall–Kier alpha value is -1.52. The summed E-state index contributed by atoms with van der Waals surface area (Å²) in [7, 11) is 0. The quantitative estimate of drug-likeness (QED) is 0.206. The Morgan fingerprint density at radius 2 is 2.06 bits per heavy atom. The van der Waals surface area contributed by atoms with Crippen molar-refractivity contribution >= 4 is 61.3 Å². The second-order valence-electron chi connectivity index (χ2n) is 8.42. The molecule has 11 heteroatoms. The Bertz CT molecular complexity index is 1120. The summed E-state index contributed by atoms with van der Waals surface area (Å²) in [6, 6.07) is 6.08. The topological polar surface area (TPSA) is 82.4 Å². The molecule has 2 unspecified atom stereocenters. The predicted octanol–water partition coefficient (Wildman–Crippen LogP) is 6.46. The molecule has 0 saturated carbocycles. The summed E-state index contributed by atoms with van der Waals surface area (Å²) >= 11 is 5.86. The summed E-state index contributed by atoms with van der Waals surface area (Å²) in [5.41, 5.74) is 1.88. The van der Waals surface area contributed by atoms with Crippen molar-refractivity contribution in [2.24, 2.45) is 0 Å². The van der Waals surface area contributed by atoms with Crippen LogP contribution in [0.2, 0.25) is 0 Å². The minimum atomic E-state index is -0.549. The Kier molecular flexibility index (Phi) is 8.91. The molecule has 0 fully saturated rings. The fourth-order valence-corrected chi connectivity index (χ4v) is 5.08. The van der Waals surface area contributed by atoms with Gasteiger partial charge in [0.15, 0.2) is 0 Å².